The Bertz CT molecular complexity index is 697. The third-order valence-corrected chi connectivity index (χ3v) is 4.76. The molecule has 0 bridgehead atoms. The number of pyridine rings is 1. The summed E-state index contributed by atoms with van der Waals surface area (Å²) in [5, 5.41) is -0.102. The third-order valence-electron chi connectivity index (χ3n) is 2.98. The monoisotopic (exact) mass is 291 g/mol. The SMILES string of the molecule is Cc1ccc(CN(C)S(=O)(=O)c2ncccc2N)cc1. The van der Waals surface area contributed by atoms with Crippen molar-refractivity contribution in [3.05, 3.63) is 53.7 Å². The molecule has 0 saturated heterocycles. The normalized spacial score (nSPS) is 11.8. The van der Waals surface area contributed by atoms with Gasteiger partial charge in [0.1, 0.15) is 0 Å². The molecule has 0 amide bonds. The van der Waals surface area contributed by atoms with Crippen molar-refractivity contribution in [2.45, 2.75) is 18.5 Å². The van der Waals surface area contributed by atoms with Crippen LogP contribution < -0.4 is 5.73 Å². The summed E-state index contributed by atoms with van der Waals surface area (Å²) in [6.07, 6.45) is 1.42. The first-order valence-corrected chi connectivity index (χ1v) is 7.57. The van der Waals surface area contributed by atoms with Crippen molar-refractivity contribution in [1.82, 2.24) is 9.29 Å². The van der Waals surface area contributed by atoms with E-state index in [0.29, 0.717) is 0 Å². The molecule has 0 fully saturated rings. The van der Waals surface area contributed by atoms with Gasteiger partial charge in [-0.3, -0.25) is 0 Å². The van der Waals surface area contributed by atoms with Crippen LogP contribution in [0.4, 0.5) is 5.69 Å². The topological polar surface area (TPSA) is 76.3 Å². The van der Waals surface area contributed by atoms with E-state index in [0.717, 1.165) is 11.1 Å². The van der Waals surface area contributed by atoms with Gasteiger partial charge in [0.05, 0.1) is 5.69 Å². The number of aromatic nitrogens is 1. The van der Waals surface area contributed by atoms with Gasteiger partial charge < -0.3 is 5.73 Å². The standard InChI is InChI=1S/C14H17N3O2S/c1-11-5-7-12(8-6-11)10-17(2)20(18,19)14-13(15)4-3-9-16-14/h3-9H,10,15H2,1-2H3. The summed E-state index contributed by atoms with van der Waals surface area (Å²) in [5.74, 6) is 0. The van der Waals surface area contributed by atoms with Crippen molar-refractivity contribution < 1.29 is 8.42 Å². The zero-order valence-electron chi connectivity index (χ0n) is 11.4. The number of sulfonamides is 1. The number of hydrogen-bond donors (Lipinski definition) is 1. The van der Waals surface area contributed by atoms with Crippen LogP contribution in [0.15, 0.2) is 47.6 Å². The first-order chi connectivity index (χ1) is 9.41. The highest BCUT2D eigenvalue weighted by Crippen LogP contribution is 2.19. The lowest BCUT2D eigenvalue weighted by Crippen LogP contribution is -2.28. The molecule has 1 aromatic carbocycles. The van der Waals surface area contributed by atoms with Crippen LogP contribution >= 0.6 is 0 Å². The first-order valence-electron chi connectivity index (χ1n) is 6.13. The Morgan fingerprint density at radius 1 is 1.20 bits per heavy atom. The number of anilines is 1. The Kier molecular flexibility index (Phi) is 4.06. The molecule has 5 nitrogen and oxygen atoms in total. The number of benzene rings is 1. The van der Waals surface area contributed by atoms with E-state index < -0.39 is 10.0 Å². The molecule has 0 atom stereocenters. The lowest BCUT2D eigenvalue weighted by Gasteiger charge is -2.17. The van der Waals surface area contributed by atoms with Crippen LogP contribution in [0, 0.1) is 6.92 Å². The van der Waals surface area contributed by atoms with E-state index in [9.17, 15) is 8.42 Å². The molecule has 1 heterocycles. The van der Waals surface area contributed by atoms with Gasteiger partial charge in [-0.2, -0.15) is 4.31 Å². The van der Waals surface area contributed by atoms with Crippen LogP contribution in [0.1, 0.15) is 11.1 Å². The van der Waals surface area contributed by atoms with E-state index in [1.165, 1.54) is 23.6 Å². The first kappa shape index (κ1) is 14.5. The van der Waals surface area contributed by atoms with E-state index in [-0.39, 0.29) is 17.3 Å². The Morgan fingerprint density at radius 3 is 2.45 bits per heavy atom. The number of nitrogens with zero attached hydrogens (tertiary/aromatic N) is 2. The number of hydrogen-bond acceptors (Lipinski definition) is 4. The second-order valence-electron chi connectivity index (χ2n) is 4.64. The molecule has 0 unspecified atom stereocenters. The van der Waals surface area contributed by atoms with Crippen LogP contribution in [0.5, 0.6) is 0 Å². The second-order valence-corrected chi connectivity index (χ2v) is 6.60. The molecule has 2 N–H and O–H groups in total. The van der Waals surface area contributed by atoms with Gasteiger partial charge in [0.2, 0.25) is 0 Å². The van der Waals surface area contributed by atoms with E-state index >= 15 is 0 Å². The van der Waals surface area contributed by atoms with Crippen molar-refractivity contribution in [3.63, 3.8) is 0 Å². The van der Waals surface area contributed by atoms with Crippen LogP contribution in [-0.4, -0.2) is 24.8 Å². The van der Waals surface area contributed by atoms with Crippen molar-refractivity contribution in [1.29, 1.82) is 0 Å². The van der Waals surface area contributed by atoms with Crippen LogP contribution in [-0.2, 0) is 16.6 Å². The Balaban J connectivity index is 2.26. The highest BCUT2D eigenvalue weighted by molar-refractivity contribution is 7.89. The average Bonchev–Trinajstić information content (AvgIpc) is 2.41. The van der Waals surface area contributed by atoms with Crippen LogP contribution in [0.2, 0.25) is 0 Å². The maximum absolute atomic E-state index is 12.4. The minimum absolute atomic E-state index is 0.102. The molecular weight excluding hydrogens is 274 g/mol. The summed E-state index contributed by atoms with van der Waals surface area (Å²) in [6.45, 7) is 2.26. The summed E-state index contributed by atoms with van der Waals surface area (Å²) in [6, 6.07) is 10.8. The van der Waals surface area contributed by atoms with E-state index in [1.807, 2.05) is 31.2 Å². The van der Waals surface area contributed by atoms with Crippen LogP contribution in [0.3, 0.4) is 0 Å². The molecule has 2 aromatic rings. The molecule has 0 saturated carbocycles. The minimum atomic E-state index is -3.68. The van der Waals surface area contributed by atoms with Crippen molar-refractivity contribution >= 4 is 15.7 Å². The molecule has 6 heteroatoms. The molecule has 106 valence electrons. The fourth-order valence-electron chi connectivity index (χ4n) is 1.80. The molecule has 20 heavy (non-hydrogen) atoms. The average molecular weight is 291 g/mol. The largest absolute Gasteiger partial charge is 0.396 e. The van der Waals surface area contributed by atoms with E-state index in [2.05, 4.69) is 4.98 Å². The van der Waals surface area contributed by atoms with E-state index in [1.54, 1.807) is 6.07 Å². The fraction of sp³-hybridized carbons (Fsp3) is 0.214. The number of nitrogen functional groups attached to an aromatic ring is 1. The molecule has 0 radical (unpaired) electrons. The summed E-state index contributed by atoms with van der Waals surface area (Å²) >= 11 is 0. The Hall–Kier alpha value is -1.92. The molecule has 0 spiro atoms. The Morgan fingerprint density at radius 2 is 1.85 bits per heavy atom. The van der Waals surface area contributed by atoms with Gasteiger partial charge in [0, 0.05) is 19.8 Å². The highest BCUT2D eigenvalue weighted by Gasteiger charge is 2.24. The van der Waals surface area contributed by atoms with Gasteiger partial charge in [0.15, 0.2) is 5.03 Å². The summed E-state index contributed by atoms with van der Waals surface area (Å²) in [5.41, 5.74) is 7.89. The lowest BCUT2D eigenvalue weighted by molar-refractivity contribution is 0.464. The maximum atomic E-state index is 12.4. The van der Waals surface area contributed by atoms with Crippen molar-refractivity contribution in [3.8, 4) is 0 Å². The van der Waals surface area contributed by atoms with Gasteiger partial charge in [-0.25, -0.2) is 13.4 Å². The number of rotatable bonds is 4. The quantitative estimate of drug-likeness (QED) is 0.931. The van der Waals surface area contributed by atoms with Crippen LogP contribution in [0.25, 0.3) is 0 Å². The van der Waals surface area contributed by atoms with Gasteiger partial charge in [0.25, 0.3) is 10.0 Å². The smallest absolute Gasteiger partial charge is 0.262 e. The van der Waals surface area contributed by atoms with Gasteiger partial charge >= 0.3 is 0 Å². The summed E-state index contributed by atoms with van der Waals surface area (Å²) < 4.78 is 26.1. The fourth-order valence-corrected chi connectivity index (χ4v) is 2.98. The zero-order valence-corrected chi connectivity index (χ0v) is 12.3. The molecule has 0 aliphatic carbocycles. The predicted octanol–water partition coefficient (Wildman–Crippen LogP) is 1.79. The zero-order chi connectivity index (χ0) is 14.8. The van der Waals surface area contributed by atoms with Crippen molar-refractivity contribution in [2.24, 2.45) is 0 Å². The minimum Gasteiger partial charge on any atom is -0.396 e. The molecule has 0 aliphatic rings. The predicted molar refractivity (Wildman–Crippen MR) is 78.5 cm³/mol. The maximum Gasteiger partial charge on any atom is 0.262 e. The molecule has 2 rings (SSSR count). The summed E-state index contributed by atoms with van der Waals surface area (Å²) in [4.78, 5) is 3.87. The number of aryl methyl sites for hydroxylation is 1. The van der Waals surface area contributed by atoms with Gasteiger partial charge in [-0.05, 0) is 24.6 Å². The highest BCUT2D eigenvalue weighted by atomic mass is 32.2. The third kappa shape index (κ3) is 2.97. The van der Waals surface area contributed by atoms with Gasteiger partial charge in [-0.1, -0.05) is 29.8 Å². The Labute approximate surface area is 119 Å². The second kappa shape index (κ2) is 5.60. The number of nitrogens with two attached hydrogens (primary N) is 1. The van der Waals surface area contributed by atoms with Crippen molar-refractivity contribution in [2.75, 3.05) is 12.8 Å². The molecule has 0 aliphatic heterocycles. The lowest BCUT2D eigenvalue weighted by atomic mass is 10.1. The van der Waals surface area contributed by atoms with Gasteiger partial charge in [-0.15, -0.1) is 0 Å². The molecular formula is C14H17N3O2S. The molecule has 1 aromatic heterocycles. The summed E-state index contributed by atoms with van der Waals surface area (Å²) in [7, 11) is -2.16. The van der Waals surface area contributed by atoms with E-state index in [4.69, 9.17) is 5.73 Å².